The molecule has 3 heteroatoms. The molecule has 2 N–H and O–H groups in total. The van der Waals surface area contributed by atoms with Gasteiger partial charge in [-0.15, -0.1) is 0 Å². The topological polar surface area (TPSA) is 59.0 Å². The molecule has 1 aromatic rings. The highest BCUT2D eigenvalue weighted by Crippen LogP contribution is 2.35. The van der Waals surface area contributed by atoms with Crippen LogP contribution in [-0.4, -0.2) is 12.1 Å². The Labute approximate surface area is 121 Å². The molecular formula is C17H24N2O. The van der Waals surface area contributed by atoms with Crippen LogP contribution in [0.4, 0.5) is 0 Å². The second-order valence-corrected chi connectivity index (χ2v) is 6.07. The molecule has 3 nitrogen and oxygen atoms in total. The number of hydrogen-bond acceptors (Lipinski definition) is 3. The molecule has 0 aromatic heterocycles. The molecule has 2 unspecified atom stereocenters. The van der Waals surface area contributed by atoms with Crippen molar-refractivity contribution in [3.05, 3.63) is 29.8 Å². The van der Waals surface area contributed by atoms with Crippen LogP contribution in [0.5, 0.6) is 5.75 Å². The summed E-state index contributed by atoms with van der Waals surface area (Å²) in [6.07, 6.45) is 3.77. The van der Waals surface area contributed by atoms with E-state index in [1.807, 2.05) is 18.2 Å². The molecular weight excluding hydrogens is 248 g/mol. The van der Waals surface area contributed by atoms with E-state index in [1.165, 1.54) is 5.56 Å². The van der Waals surface area contributed by atoms with Crippen molar-refractivity contribution in [2.24, 2.45) is 11.7 Å². The van der Waals surface area contributed by atoms with Crippen molar-refractivity contribution in [2.45, 2.75) is 51.0 Å². The van der Waals surface area contributed by atoms with Crippen molar-refractivity contribution < 1.29 is 4.74 Å². The van der Waals surface area contributed by atoms with Crippen LogP contribution in [-0.2, 0) is 0 Å². The zero-order chi connectivity index (χ0) is 14.6. The Kier molecular flexibility index (Phi) is 4.67. The molecule has 0 saturated heterocycles. The highest BCUT2D eigenvalue weighted by molar-refractivity contribution is 5.35. The van der Waals surface area contributed by atoms with E-state index in [-0.39, 0.29) is 5.92 Å². The minimum atomic E-state index is -0.638. The normalized spacial score (nSPS) is 25.6. The van der Waals surface area contributed by atoms with Gasteiger partial charge < -0.3 is 10.5 Å². The minimum Gasteiger partial charge on any atom is -0.493 e. The van der Waals surface area contributed by atoms with E-state index in [4.69, 9.17) is 10.5 Å². The summed E-state index contributed by atoms with van der Waals surface area (Å²) in [6.45, 7) is 4.97. The Hall–Kier alpha value is -1.53. The van der Waals surface area contributed by atoms with Gasteiger partial charge in [0.1, 0.15) is 11.3 Å². The van der Waals surface area contributed by atoms with E-state index in [0.717, 1.165) is 31.4 Å². The highest BCUT2D eigenvalue weighted by atomic mass is 16.5. The van der Waals surface area contributed by atoms with E-state index in [9.17, 15) is 5.26 Å². The molecule has 2 rings (SSSR count). The number of benzene rings is 1. The Morgan fingerprint density at radius 2 is 2.20 bits per heavy atom. The molecule has 0 heterocycles. The van der Waals surface area contributed by atoms with E-state index in [1.54, 1.807) is 0 Å². The first-order valence-corrected chi connectivity index (χ1v) is 7.48. The molecule has 0 amide bonds. The molecule has 0 radical (unpaired) electrons. The van der Waals surface area contributed by atoms with Gasteiger partial charge in [-0.2, -0.15) is 5.26 Å². The summed E-state index contributed by atoms with van der Waals surface area (Å²) in [7, 11) is 0. The summed E-state index contributed by atoms with van der Waals surface area (Å²) in [4.78, 5) is 0. The fourth-order valence-corrected chi connectivity index (χ4v) is 3.05. The van der Waals surface area contributed by atoms with Gasteiger partial charge in [-0.3, -0.25) is 0 Å². The van der Waals surface area contributed by atoms with Gasteiger partial charge >= 0.3 is 0 Å². The molecule has 0 spiro atoms. The summed E-state index contributed by atoms with van der Waals surface area (Å²) < 4.78 is 5.93. The van der Waals surface area contributed by atoms with Crippen molar-refractivity contribution in [1.29, 1.82) is 5.26 Å². The van der Waals surface area contributed by atoms with Gasteiger partial charge in [-0.05, 0) is 42.7 Å². The van der Waals surface area contributed by atoms with Crippen LogP contribution in [0.3, 0.4) is 0 Å². The average Bonchev–Trinajstić information content (AvgIpc) is 2.81. The van der Waals surface area contributed by atoms with Gasteiger partial charge in [0, 0.05) is 0 Å². The third-order valence-corrected chi connectivity index (χ3v) is 4.34. The molecule has 1 aliphatic carbocycles. The van der Waals surface area contributed by atoms with Crippen LogP contribution in [0.2, 0.25) is 0 Å². The number of nitrogens with two attached hydrogens (primary N) is 1. The third-order valence-electron chi connectivity index (χ3n) is 4.34. The Morgan fingerprint density at radius 3 is 2.90 bits per heavy atom. The molecule has 1 aliphatic rings. The Bertz CT molecular complexity index is 492. The van der Waals surface area contributed by atoms with Gasteiger partial charge in [-0.1, -0.05) is 38.5 Å². The molecule has 0 bridgehead atoms. The summed E-state index contributed by atoms with van der Waals surface area (Å²) >= 11 is 0. The lowest BCUT2D eigenvalue weighted by Crippen LogP contribution is -2.42. The van der Waals surface area contributed by atoms with Gasteiger partial charge in [0.2, 0.25) is 0 Å². The monoisotopic (exact) mass is 272 g/mol. The van der Waals surface area contributed by atoms with Crippen molar-refractivity contribution in [3.63, 3.8) is 0 Å². The lowest BCUT2D eigenvalue weighted by Gasteiger charge is -2.24. The maximum absolute atomic E-state index is 9.21. The van der Waals surface area contributed by atoms with Crippen LogP contribution >= 0.6 is 0 Å². The SMILES string of the molecule is CC(C)c1ccccc1OCCC1CCCC1(N)C#N. The maximum atomic E-state index is 9.21. The summed E-state index contributed by atoms with van der Waals surface area (Å²) in [5.41, 5.74) is 6.74. The lowest BCUT2D eigenvalue weighted by atomic mass is 9.87. The maximum Gasteiger partial charge on any atom is 0.122 e. The van der Waals surface area contributed by atoms with Crippen LogP contribution < -0.4 is 10.5 Å². The number of nitriles is 1. The summed E-state index contributed by atoms with van der Waals surface area (Å²) in [5, 5.41) is 9.21. The fraction of sp³-hybridized carbons (Fsp3) is 0.588. The molecule has 1 aromatic carbocycles. The number of hydrogen-bond donors (Lipinski definition) is 1. The van der Waals surface area contributed by atoms with Gasteiger partial charge in [0.05, 0.1) is 12.7 Å². The first-order valence-electron chi connectivity index (χ1n) is 7.48. The zero-order valence-corrected chi connectivity index (χ0v) is 12.4. The minimum absolute atomic E-state index is 0.263. The highest BCUT2D eigenvalue weighted by Gasteiger charge is 2.39. The standard InChI is InChI=1S/C17H24N2O/c1-13(2)15-7-3-4-8-16(15)20-11-9-14-6-5-10-17(14,19)12-18/h3-4,7-8,13-14H,5-6,9-11,19H2,1-2H3. The van der Waals surface area contributed by atoms with Crippen molar-refractivity contribution >= 4 is 0 Å². The average molecular weight is 272 g/mol. The largest absolute Gasteiger partial charge is 0.493 e. The second kappa shape index (κ2) is 6.28. The predicted molar refractivity (Wildman–Crippen MR) is 80.5 cm³/mol. The van der Waals surface area contributed by atoms with Crippen LogP contribution in [0.15, 0.2) is 24.3 Å². The van der Waals surface area contributed by atoms with Crippen molar-refractivity contribution in [3.8, 4) is 11.8 Å². The molecule has 0 aliphatic heterocycles. The first kappa shape index (κ1) is 14.9. The van der Waals surface area contributed by atoms with Crippen molar-refractivity contribution in [2.75, 3.05) is 6.61 Å². The third kappa shape index (κ3) is 3.13. The molecule has 108 valence electrons. The molecule has 2 atom stereocenters. The van der Waals surface area contributed by atoms with Crippen LogP contribution in [0.25, 0.3) is 0 Å². The number of nitrogens with zero attached hydrogens (tertiary/aromatic N) is 1. The molecule has 1 fully saturated rings. The number of ether oxygens (including phenoxy) is 1. The number of para-hydroxylation sites is 1. The van der Waals surface area contributed by atoms with E-state index < -0.39 is 5.54 Å². The number of rotatable bonds is 5. The zero-order valence-electron chi connectivity index (χ0n) is 12.4. The van der Waals surface area contributed by atoms with Gasteiger partial charge in [0.15, 0.2) is 0 Å². The molecule has 20 heavy (non-hydrogen) atoms. The summed E-state index contributed by atoms with van der Waals surface area (Å²) in [5.74, 6) is 1.67. The predicted octanol–water partition coefficient (Wildman–Crippen LogP) is 3.60. The lowest BCUT2D eigenvalue weighted by molar-refractivity contribution is 0.252. The quantitative estimate of drug-likeness (QED) is 0.891. The van der Waals surface area contributed by atoms with Crippen LogP contribution in [0, 0.1) is 17.2 Å². The summed E-state index contributed by atoms with van der Waals surface area (Å²) in [6, 6.07) is 10.5. The molecule has 1 saturated carbocycles. The van der Waals surface area contributed by atoms with E-state index in [2.05, 4.69) is 26.0 Å². The Balaban J connectivity index is 1.93. The Morgan fingerprint density at radius 1 is 1.45 bits per heavy atom. The smallest absolute Gasteiger partial charge is 0.122 e. The fourth-order valence-electron chi connectivity index (χ4n) is 3.05. The van der Waals surface area contributed by atoms with Crippen molar-refractivity contribution in [1.82, 2.24) is 0 Å². The first-order chi connectivity index (χ1) is 9.57. The van der Waals surface area contributed by atoms with Gasteiger partial charge in [-0.25, -0.2) is 0 Å². The van der Waals surface area contributed by atoms with Gasteiger partial charge in [0.25, 0.3) is 0 Å². The second-order valence-electron chi connectivity index (χ2n) is 6.07. The van der Waals surface area contributed by atoms with Crippen LogP contribution in [0.1, 0.15) is 51.0 Å². The van der Waals surface area contributed by atoms with E-state index in [0.29, 0.717) is 12.5 Å². The van der Waals surface area contributed by atoms with E-state index >= 15 is 0 Å².